The molecule has 84 valence electrons. The topological polar surface area (TPSA) is 37.8 Å². The van der Waals surface area contributed by atoms with Crippen LogP contribution in [0.25, 0.3) is 0 Å². The van der Waals surface area contributed by atoms with Gasteiger partial charge in [-0.15, -0.1) is 11.8 Å². The number of nitrogens with zero attached hydrogens (tertiary/aromatic N) is 2. The van der Waals surface area contributed by atoms with Gasteiger partial charge < -0.3 is 5.32 Å². The van der Waals surface area contributed by atoms with Crippen molar-refractivity contribution >= 4 is 17.6 Å². The summed E-state index contributed by atoms with van der Waals surface area (Å²) in [5.41, 5.74) is 0. The van der Waals surface area contributed by atoms with Crippen molar-refractivity contribution in [2.45, 2.75) is 38.0 Å². The molecular weight excluding hydrogens is 206 g/mol. The molecule has 0 saturated heterocycles. The second-order valence-corrected chi connectivity index (χ2v) is 5.24. The van der Waals surface area contributed by atoms with Gasteiger partial charge in [-0.25, -0.2) is 4.98 Å². The average Bonchev–Trinajstić information content (AvgIpc) is 2.18. The van der Waals surface area contributed by atoms with Crippen molar-refractivity contribution in [1.29, 1.82) is 0 Å². The fourth-order valence-electron chi connectivity index (χ4n) is 0.998. The van der Waals surface area contributed by atoms with Crippen LogP contribution in [-0.2, 0) is 0 Å². The van der Waals surface area contributed by atoms with Crippen LogP contribution in [0.5, 0.6) is 0 Å². The molecule has 0 aliphatic heterocycles. The van der Waals surface area contributed by atoms with Crippen molar-refractivity contribution in [2.75, 3.05) is 11.9 Å². The van der Waals surface area contributed by atoms with E-state index in [0.29, 0.717) is 11.2 Å². The molecule has 1 aromatic rings. The number of hydrogen-bond acceptors (Lipinski definition) is 4. The highest BCUT2D eigenvalue weighted by molar-refractivity contribution is 7.99. The van der Waals surface area contributed by atoms with E-state index in [1.165, 1.54) is 0 Å². The molecule has 1 atom stereocenters. The minimum atomic E-state index is 0.566. The van der Waals surface area contributed by atoms with Gasteiger partial charge in [0.1, 0.15) is 10.8 Å². The fourth-order valence-corrected chi connectivity index (χ4v) is 1.92. The summed E-state index contributed by atoms with van der Waals surface area (Å²) < 4.78 is 0. The molecule has 15 heavy (non-hydrogen) atoms. The quantitative estimate of drug-likeness (QED) is 0.782. The molecular formula is C11H19N3S. The van der Waals surface area contributed by atoms with Gasteiger partial charge >= 0.3 is 0 Å². The van der Waals surface area contributed by atoms with Gasteiger partial charge in [0.15, 0.2) is 0 Å². The highest BCUT2D eigenvalue weighted by atomic mass is 32.2. The Bertz CT molecular complexity index is 302. The van der Waals surface area contributed by atoms with Crippen molar-refractivity contribution in [2.24, 2.45) is 5.92 Å². The van der Waals surface area contributed by atoms with E-state index in [0.717, 1.165) is 17.4 Å². The molecule has 0 fully saturated rings. The zero-order chi connectivity index (χ0) is 11.3. The molecule has 0 spiro atoms. The Morgan fingerprint density at radius 3 is 2.67 bits per heavy atom. The van der Waals surface area contributed by atoms with E-state index in [2.05, 4.69) is 43.0 Å². The van der Waals surface area contributed by atoms with Gasteiger partial charge in [-0.1, -0.05) is 20.8 Å². The van der Waals surface area contributed by atoms with Gasteiger partial charge in [-0.05, 0) is 12.8 Å². The van der Waals surface area contributed by atoms with Gasteiger partial charge in [-0.2, -0.15) is 0 Å². The highest BCUT2D eigenvalue weighted by Crippen LogP contribution is 2.26. The van der Waals surface area contributed by atoms with Crippen LogP contribution in [0.3, 0.4) is 0 Å². The molecule has 0 bridgehead atoms. The van der Waals surface area contributed by atoms with Crippen molar-refractivity contribution in [3.05, 3.63) is 12.4 Å². The number of hydrogen-bond donors (Lipinski definition) is 1. The number of anilines is 1. The van der Waals surface area contributed by atoms with Gasteiger partial charge in [0.05, 0.1) is 12.4 Å². The van der Waals surface area contributed by atoms with Crippen LogP contribution in [0, 0.1) is 5.92 Å². The maximum atomic E-state index is 4.47. The fraction of sp³-hybridized carbons (Fsp3) is 0.636. The lowest BCUT2D eigenvalue weighted by Crippen LogP contribution is -2.07. The number of rotatable bonds is 5. The molecule has 0 aliphatic carbocycles. The standard InChI is InChI=1S/C11H19N3S/c1-5-13-10-6-12-7-11(14-10)15-9(4)8(2)3/h6-9H,5H2,1-4H3,(H,13,14). The summed E-state index contributed by atoms with van der Waals surface area (Å²) >= 11 is 1.78. The first-order chi connectivity index (χ1) is 7.13. The van der Waals surface area contributed by atoms with E-state index in [1.807, 2.05) is 6.20 Å². The van der Waals surface area contributed by atoms with Crippen LogP contribution < -0.4 is 5.32 Å². The first kappa shape index (κ1) is 12.3. The summed E-state index contributed by atoms with van der Waals surface area (Å²) in [5, 5.41) is 4.72. The summed E-state index contributed by atoms with van der Waals surface area (Å²) in [6.07, 6.45) is 3.58. The van der Waals surface area contributed by atoms with E-state index in [4.69, 9.17) is 0 Å². The Kier molecular flexibility index (Phi) is 4.88. The molecule has 1 aromatic heterocycles. The Morgan fingerprint density at radius 2 is 2.07 bits per heavy atom. The Hall–Kier alpha value is -0.770. The smallest absolute Gasteiger partial charge is 0.145 e. The normalized spacial score (nSPS) is 12.9. The van der Waals surface area contributed by atoms with Gasteiger partial charge in [-0.3, -0.25) is 4.98 Å². The predicted octanol–water partition coefficient (Wildman–Crippen LogP) is 3.05. The first-order valence-corrected chi connectivity index (χ1v) is 6.24. The molecule has 0 radical (unpaired) electrons. The largest absolute Gasteiger partial charge is 0.369 e. The molecule has 3 nitrogen and oxygen atoms in total. The zero-order valence-corrected chi connectivity index (χ0v) is 10.6. The van der Waals surface area contributed by atoms with Crippen molar-refractivity contribution in [3.8, 4) is 0 Å². The van der Waals surface area contributed by atoms with Crippen LogP contribution in [-0.4, -0.2) is 21.8 Å². The molecule has 4 heteroatoms. The van der Waals surface area contributed by atoms with E-state index in [1.54, 1.807) is 18.0 Å². The molecule has 0 aromatic carbocycles. The molecule has 1 heterocycles. The van der Waals surface area contributed by atoms with Crippen molar-refractivity contribution < 1.29 is 0 Å². The lowest BCUT2D eigenvalue weighted by atomic mass is 10.2. The second-order valence-electron chi connectivity index (χ2n) is 3.84. The Balaban J connectivity index is 2.64. The highest BCUT2D eigenvalue weighted by Gasteiger charge is 2.10. The van der Waals surface area contributed by atoms with Crippen LogP contribution in [0.2, 0.25) is 0 Å². The molecule has 1 N–H and O–H groups in total. The third-order valence-corrected chi connectivity index (χ3v) is 3.57. The minimum absolute atomic E-state index is 0.566. The van der Waals surface area contributed by atoms with E-state index < -0.39 is 0 Å². The van der Waals surface area contributed by atoms with Gasteiger partial charge in [0.2, 0.25) is 0 Å². The summed E-state index contributed by atoms with van der Waals surface area (Å²) in [4.78, 5) is 8.64. The lowest BCUT2D eigenvalue weighted by Gasteiger charge is -2.14. The molecule has 1 rings (SSSR count). The maximum Gasteiger partial charge on any atom is 0.145 e. The van der Waals surface area contributed by atoms with Crippen LogP contribution in [0.4, 0.5) is 5.82 Å². The van der Waals surface area contributed by atoms with Crippen LogP contribution in [0.15, 0.2) is 17.4 Å². The minimum Gasteiger partial charge on any atom is -0.369 e. The summed E-state index contributed by atoms with van der Waals surface area (Å²) in [6, 6.07) is 0. The van der Waals surface area contributed by atoms with Crippen molar-refractivity contribution in [1.82, 2.24) is 9.97 Å². The molecule has 0 amide bonds. The number of aromatic nitrogens is 2. The van der Waals surface area contributed by atoms with Gasteiger partial charge in [0, 0.05) is 11.8 Å². The lowest BCUT2D eigenvalue weighted by molar-refractivity contribution is 0.641. The van der Waals surface area contributed by atoms with Crippen molar-refractivity contribution in [3.63, 3.8) is 0 Å². The van der Waals surface area contributed by atoms with E-state index in [-0.39, 0.29) is 0 Å². The SMILES string of the molecule is CCNc1cncc(SC(C)C(C)C)n1. The summed E-state index contributed by atoms with van der Waals surface area (Å²) in [6.45, 7) is 9.59. The second kappa shape index (κ2) is 5.95. The zero-order valence-electron chi connectivity index (χ0n) is 9.82. The summed E-state index contributed by atoms with van der Waals surface area (Å²) in [7, 11) is 0. The van der Waals surface area contributed by atoms with Crippen LogP contribution >= 0.6 is 11.8 Å². The Morgan fingerprint density at radius 1 is 1.33 bits per heavy atom. The van der Waals surface area contributed by atoms with E-state index >= 15 is 0 Å². The third kappa shape index (κ3) is 4.08. The molecule has 0 aliphatic rings. The number of nitrogens with one attached hydrogen (secondary N) is 1. The van der Waals surface area contributed by atoms with Gasteiger partial charge in [0.25, 0.3) is 0 Å². The van der Waals surface area contributed by atoms with Crippen LogP contribution in [0.1, 0.15) is 27.7 Å². The van der Waals surface area contributed by atoms with E-state index in [9.17, 15) is 0 Å². The maximum absolute atomic E-state index is 4.47. The monoisotopic (exact) mass is 225 g/mol. The molecule has 1 unspecified atom stereocenters. The first-order valence-electron chi connectivity index (χ1n) is 5.36. The number of thioether (sulfide) groups is 1. The molecule has 0 saturated carbocycles. The average molecular weight is 225 g/mol. The summed E-state index contributed by atoms with van der Waals surface area (Å²) in [5.74, 6) is 1.51. The Labute approximate surface area is 96.1 Å². The predicted molar refractivity (Wildman–Crippen MR) is 66.4 cm³/mol. The third-order valence-electron chi connectivity index (χ3n) is 2.22.